The second kappa shape index (κ2) is 13.7. The molecule has 5 rings (SSSR count). The standard InChI is InChI=1S/C31H29N7O5S2/c1-19-17-20(2)33-30(32-19)38-45(40,41)26-15-9-23(10-16-26)34-27(39)18-44-31-35-28(21-5-11-24(42-3)12-6-21)29(36-37-31)22-7-13-25(43-4)14-8-22/h5-17H,18H2,1-4H3,(H,34,39)(H,32,33,38). The van der Waals surface area contributed by atoms with E-state index in [-0.39, 0.29) is 22.5 Å². The lowest BCUT2D eigenvalue weighted by molar-refractivity contribution is -0.113. The van der Waals surface area contributed by atoms with E-state index in [4.69, 9.17) is 14.5 Å². The summed E-state index contributed by atoms with van der Waals surface area (Å²) >= 11 is 1.12. The third kappa shape index (κ3) is 7.91. The van der Waals surface area contributed by atoms with Crippen LogP contribution < -0.4 is 19.5 Å². The van der Waals surface area contributed by atoms with Gasteiger partial charge in [0.1, 0.15) is 22.9 Å². The predicted molar refractivity (Wildman–Crippen MR) is 172 cm³/mol. The van der Waals surface area contributed by atoms with Crippen LogP contribution in [0.3, 0.4) is 0 Å². The summed E-state index contributed by atoms with van der Waals surface area (Å²) in [6.07, 6.45) is 0. The van der Waals surface area contributed by atoms with Crippen molar-refractivity contribution in [3.8, 4) is 34.0 Å². The van der Waals surface area contributed by atoms with Gasteiger partial charge >= 0.3 is 0 Å². The molecule has 5 aromatic rings. The van der Waals surface area contributed by atoms with Crippen molar-refractivity contribution in [3.63, 3.8) is 0 Å². The largest absolute Gasteiger partial charge is 0.497 e. The number of carbonyl (C=O) groups excluding carboxylic acids is 1. The van der Waals surface area contributed by atoms with Crippen LogP contribution in [-0.2, 0) is 14.8 Å². The fraction of sp³-hybridized carbons (Fsp3) is 0.161. The zero-order chi connectivity index (χ0) is 32.0. The Balaban J connectivity index is 1.27. The first-order valence-electron chi connectivity index (χ1n) is 13.5. The molecule has 45 heavy (non-hydrogen) atoms. The molecule has 0 atom stereocenters. The predicted octanol–water partition coefficient (Wildman–Crippen LogP) is 5.16. The van der Waals surface area contributed by atoms with E-state index in [1.54, 1.807) is 34.1 Å². The van der Waals surface area contributed by atoms with Gasteiger partial charge in [0.2, 0.25) is 17.0 Å². The summed E-state index contributed by atoms with van der Waals surface area (Å²) in [4.78, 5) is 25.7. The molecule has 0 aliphatic heterocycles. The fourth-order valence-corrected chi connectivity index (χ4v) is 5.79. The van der Waals surface area contributed by atoms with Crippen molar-refractivity contribution in [3.05, 3.63) is 90.3 Å². The summed E-state index contributed by atoms with van der Waals surface area (Å²) in [6, 6.07) is 22.4. The number of aromatic nitrogens is 5. The minimum atomic E-state index is -3.93. The normalized spacial score (nSPS) is 11.1. The van der Waals surface area contributed by atoms with E-state index >= 15 is 0 Å². The topological polar surface area (TPSA) is 158 Å². The molecule has 1 amide bonds. The minimum absolute atomic E-state index is 0.000110. The third-order valence-electron chi connectivity index (χ3n) is 6.38. The number of aryl methyl sites for hydroxylation is 2. The number of nitrogens with one attached hydrogen (secondary N) is 2. The van der Waals surface area contributed by atoms with Crippen LogP contribution in [0.5, 0.6) is 11.5 Å². The summed E-state index contributed by atoms with van der Waals surface area (Å²) in [5.74, 6) is 1.08. The molecule has 0 radical (unpaired) electrons. The van der Waals surface area contributed by atoms with Crippen molar-refractivity contribution in [2.75, 3.05) is 30.0 Å². The maximum atomic E-state index is 12.8. The molecule has 12 nitrogen and oxygen atoms in total. The van der Waals surface area contributed by atoms with Crippen LogP contribution in [0.1, 0.15) is 11.4 Å². The zero-order valence-electron chi connectivity index (χ0n) is 24.8. The fourth-order valence-electron chi connectivity index (χ4n) is 4.26. The lowest BCUT2D eigenvalue weighted by Gasteiger charge is -2.11. The van der Waals surface area contributed by atoms with Crippen molar-refractivity contribution in [1.82, 2.24) is 25.1 Å². The summed E-state index contributed by atoms with van der Waals surface area (Å²) in [5.41, 5.74) is 4.48. The lowest BCUT2D eigenvalue weighted by Crippen LogP contribution is -2.17. The van der Waals surface area contributed by atoms with Gasteiger partial charge in [-0.3, -0.25) is 4.79 Å². The first-order valence-corrected chi connectivity index (χ1v) is 16.0. The average molecular weight is 644 g/mol. The maximum Gasteiger partial charge on any atom is 0.264 e. The van der Waals surface area contributed by atoms with Crippen LogP contribution in [0.2, 0.25) is 0 Å². The van der Waals surface area contributed by atoms with Gasteiger partial charge in [-0.05, 0) is 92.7 Å². The molecule has 0 fully saturated rings. The van der Waals surface area contributed by atoms with Crippen LogP contribution in [0.4, 0.5) is 11.6 Å². The van der Waals surface area contributed by atoms with E-state index in [0.717, 1.165) is 22.9 Å². The van der Waals surface area contributed by atoms with Crippen molar-refractivity contribution in [2.24, 2.45) is 0 Å². The molecule has 0 aliphatic carbocycles. The summed E-state index contributed by atoms with van der Waals surface area (Å²) in [7, 11) is -0.728. The minimum Gasteiger partial charge on any atom is -0.497 e. The number of thioether (sulfide) groups is 1. The first kappa shape index (κ1) is 31.3. The Morgan fingerprint density at radius 1 is 0.756 bits per heavy atom. The first-order chi connectivity index (χ1) is 21.6. The summed E-state index contributed by atoms with van der Waals surface area (Å²) in [6.45, 7) is 3.50. The Morgan fingerprint density at radius 3 is 1.87 bits per heavy atom. The number of benzene rings is 3. The number of sulfonamides is 1. The van der Waals surface area contributed by atoms with Gasteiger partial charge in [0, 0.05) is 28.2 Å². The smallest absolute Gasteiger partial charge is 0.264 e. The average Bonchev–Trinajstić information content (AvgIpc) is 3.03. The number of carbonyl (C=O) groups is 1. The highest BCUT2D eigenvalue weighted by molar-refractivity contribution is 7.99. The number of ether oxygens (including phenoxy) is 2. The highest BCUT2D eigenvalue weighted by Crippen LogP contribution is 2.32. The Morgan fingerprint density at radius 2 is 1.31 bits per heavy atom. The molecule has 0 spiro atoms. The van der Waals surface area contributed by atoms with Gasteiger partial charge in [-0.2, -0.15) is 0 Å². The van der Waals surface area contributed by atoms with Gasteiger partial charge in [0.05, 0.1) is 24.9 Å². The molecular formula is C31H29N7O5S2. The van der Waals surface area contributed by atoms with Gasteiger partial charge in [-0.1, -0.05) is 11.8 Å². The number of methoxy groups -OCH3 is 2. The molecular weight excluding hydrogens is 615 g/mol. The molecule has 0 unspecified atom stereocenters. The van der Waals surface area contributed by atoms with E-state index in [1.807, 2.05) is 48.5 Å². The van der Waals surface area contributed by atoms with Crippen molar-refractivity contribution in [2.45, 2.75) is 23.9 Å². The Labute approximate surface area is 264 Å². The number of anilines is 2. The number of amides is 1. The quantitative estimate of drug-likeness (QED) is 0.183. The molecule has 2 heterocycles. The zero-order valence-corrected chi connectivity index (χ0v) is 26.4. The second-order valence-corrected chi connectivity index (χ2v) is 12.3. The molecule has 0 aliphatic rings. The van der Waals surface area contributed by atoms with Gasteiger partial charge in [-0.25, -0.2) is 28.1 Å². The van der Waals surface area contributed by atoms with Crippen LogP contribution in [0.15, 0.2) is 88.9 Å². The molecule has 0 saturated heterocycles. The van der Waals surface area contributed by atoms with Crippen LogP contribution >= 0.6 is 11.8 Å². The second-order valence-electron chi connectivity index (χ2n) is 9.69. The highest BCUT2D eigenvalue weighted by Gasteiger charge is 2.18. The van der Waals surface area contributed by atoms with Crippen molar-refractivity contribution in [1.29, 1.82) is 0 Å². The van der Waals surface area contributed by atoms with Gasteiger partial charge in [0.25, 0.3) is 10.0 Å². The molecule has 230 valence electrons. The number of rotatable bonds is 11. The van der Waals surface area contributed by atoms with E-state index < -0.39 is 10.0 Å². The van der Waals surface area contributed by atoms with Crippen molar-refractivity contribution < 1.29 is 22.7 Å². The molecule has 0 saturated carbocycles. The third-order valence-corrected chi connectivity index (χ3v) is 8.56. The Bertz CT molecular complexity index is 1900. The number of hydrogen-bond acceptors (Lipinski definition) is 11. The van der Waals surface area contributed by atoms with Gasteiger partial charge in [0.15, 0.2) is 0 Å². The Kier molecular flexibility index (Phi) is 9.54. The lowest BCUT2D eigenvalue weighted by atomic mass is 10.0. The number of nitrogens with zero attached hydrogens (tertiary/aromatic N) is 5. The number of hydrogen-bond donors (Lipinski definition) is 2. The van der Waals surface area contributed by atoms with Gasteiger partial charge in [-0.15, -0.1) is 10.2 Å². The SMILES string of the molecule is COc1ccc(-c2nnc(SCC(=O)Nc3ccc(S(=O)(=O)Nc4nc(C)cc(C)n4)cc3)nc2-c2ccc(OC)cc2)cc1. The highest BCUT2D eigenvalue weighted by atomic mass is 32.2. The van der Waals surface area contributed by atoms with E-state index in [2.05, 4.69) is 30.2 Å². The summed E-state index contributed by atoms with van der Waals surface area (Å²) < 4.78 is 38.6. The molecule has 0 bridgehead atoms. The monoisotopic (exact) mass is 643 g/mol. The summed E-state index contributed by atoms with van der Waals surface area (Å²) in [5, 5.41) is 11.8. The van der Waals surface area contributed by atoms with E-state index in [0.29, 0.717) is 45.1 Å². The molecule has 14 heteroatoms. The molecule has 2 aromatic heterocycles. The molecule has 2 N–H and O–H groups in total. The van der Waals surface area contributed by atoms with E-state index in [9.17, 15) is 13.2 Å². The maximum absolute atomic E-state index is 12.8. The van der Waals surface area contributed by atoms with E-state index in [1.165, 1.54) is 24.3 Å². The molecule has 3 aromatic carbocycles. The van der Waals surface area contributed by atoms with Crippen LogP contribution in [0.25, 0.3) is 22.5 Å². The Hall–Kier alpha value is -5.08. The van der Waals surface area contributed by atoms with Crippen LogP contribution in [-0.4, -0.2) is 59.4 Å². The van der Waals surface area contributed by atoms with Crippen molar-refractivity contribution >= 4 is 39.3 Å². The van der Waals surface area contributed by atoms with Gasteiger partial charge < -0.3 is 14.8 Å². The van der Waals surface area contributed by atoms with Crippen LogP contribution in [0, 0.1) is 13.8 Å².